The van der Waals surface area contributed by atoms with Crippen molar-refractivity contribution in [2.45, 2.75) is 46.3 Å². The van der Waals surface area contributed by atoms with Gasteiger partial charge in [0.25, 0.3) is 0 Å². The normalized spacial score (nSPS) is 11.4. The van der Waals surface area contributed by atoms with Gasteiger partial charge in [-0.2, -0.15) is 0 Å². The number of hydrogen-bond donors (Lipinski definition) is 1. The Morgan fingerprint density at radius 1 is 1.29 bits per heavy atom. The van der Waals surface area contributed by atoms with Crippen molar-refractivity contribution in [2.24, 2.45) is 0 Å². The molecule has 3 nitrogen and oxygen atoms in total. The lowest BCUT2D eigenvalue weighted by atomic mass is 10.2. The standard InChI is InChI=1S/C14H25N3/c1-5-9-17(4)11-14-8-6-7-13(16-14)10-15-12(2)3/h6-8,12,15H,5,9-11H2,1-4H3. The average Bonchev–Trinajstić information content (AvgIpc) is 2.27. The quantitative estimate of drug-likeness (QED) is 0.786. The minimum atomic E-state index is 0.503. The van der Waals surface area contributed by atoms with E-state index in [0.717, 1.165) is 31.0 Å². The van der Waals surface area contributed by atoms with E-state index in [4.69, 9.17) is 0 Å². The van der Waals surface area contributed by atoms with Crippen molar-refractivity contribution >= 4 is 0 Å². The van der Waals surface area contributed by atoms with Crippen LogP contribution >= 0.6 is 0 Å². The SMILES string of the molecule is CCCN(C)Cc1cccc(CNC(C)C)n1. The molecular weight excluding hydrogens is 210 g/mol. The zero-order chi connectivity index (χ0) is 12.7. The molecule has 0 aliphatic heterocycles. The first kappa shape index (κ1) is 14.1. The van der Waals surface area contributed by atoms with Crippen molar-refractivity contribution in [1.29, 1.82) is 0 Å². The molecule has 3 heteroatoms. The van der Waals surface area contributed by atoms with Crippen LogP contribution in [-0.4, -0.2) is 29.5 Å². The lowest BCUT2D eigenvalue weighted by Crippen LogP contribution is -2.23. The summed E-state index contributed by atoms with van der Waals surface area (Å²) in [5.74, 6) is 0. The summed E-state index contributed by atoms with van der Waals surface area (Å²) in [5.41, 5.74) is 2.28. The number of aromatic nitrogens is 1. The molecule has 0 unspecified atom stereocenters. The molecule has 1 N–H and O–H groups in total. The highest BCUT2D eigenvalue weighted by Gasteiger charge is 2.02. The molecule has 96 valence electrons. The number of nitrogens with zero attached hydrogens (tertiary/aromatic N) is 2. The molecule has 0 saturated carbocycles. The highest BCUT2D eigenvalue weighted by Crippen LogP contribution is 2.03. The molecule has 0 aromatic carbocycles. The van der Waals surface area contributed by atoms with Crippen molar-refractivity contribution in [3.05, 3.63) is 29.6 Å². The average molecular weight is 235 g/mol. The molecule has 0 aliphatic carbocycles. The first-order valence-electron chi connectivity index (χ1n) is 6.48. The van der Waals surface area contributed by atoms with Crippen LogP contribution in [-0.2, 0) is 13.1 Å². The molecule has 1 aromatic heterocycles. The Morgan fingerprint density at radius 2 is 2.00 bits per heavy atom. The first-order valence-corrected chi connectivity index (χ1v) is 6.48. The maximum atomic E-state index is 4.66. The van der Waals surface area contributed by atoms with Crippen molar-refractivity contribution in [2.75, 3.05) is 13.6 Å². The van der Waals surface area contributed by atoms with Gasteiger partial charge in [-0.05, 0) is 32.1 Å². The number of rotatable bonds is 7. The van der Waals surface area contributed by atoms with E-state index in [-0.39, 0.29) is 0 Å². The summed E-state index contributed by atoms with van der Waals surface area (Å²) in [6.45, 7) is 9.41. The minimum absolute atomic E-state index is 0.503. The molecule has 1 aromatic rings. The third kappa shape index (κ3) is 5.80. The van der Waals surface area contributed by atoms with Gasteiger partial charge >= 0.3 is 0 Å². The van der Waals surface area contributed by atoms with Gasteiger partial charge in [0.2, 0.25) is 0 Å². The summed E-state index contributed by atoms with van der Waals surface area (Å²) in [7, 11) is 2.14. The summed E-state index contributed by atoms with van der Waals surface area (Å²) in [5, 5.41) is 3.39. The Hall–Kier alpha value is -0.930. The Labute approximate surface area is 105 Å². The monoisotopic (exact) mass is 235 g/mol. The van der Waals surface area contributed by atoms with Gasteiger partial charge in [0.05, 0.1) is 11.4 Å². The van der Waals surface area contributed by atoms with E-state index in [9.17, 15) is 0 Å². The van der Waals surface area contributed by atoms with Crippen LogP contribution in [0.2, 0.25) is 0 Å². The van der Waals surface area contributed by atoms with E-state index < -0.39 is 0 Å². The molecule has 1 heterocycles. The Balaban J connectivity index is 2.53. The van der Waals surface area contributed by atoms with E-state index in [0.29, 0.717) is 6.04 Å². The fourth-order valence-electron chi connectivity index (χ4n) is 1.76. The van der Waals surface area contributed by atoms with Crippen LogP contribution in [0.25, 0.3) is 0 Å². The maximum absolute atomic E-state index is 4.66. The van der Waals surface area contributed by atoms with Crippen LogP contribution in [0.4, 0.5) is 0 Å². The summed E-state index contributed by atoms with van der Waals surface area (Å²) >= 11 is 0. The van der Waals surface area contributed by atoms with Gasteiger partial charge in [0.1, 0.15) is 0 Å². The zero-order valence-corrected chi connectivity index (χ0v) is 11.5. The molecule has 17 heavy (non-hydrogen) atoms. The summed E-state index contributed by atoms with van der Waals surface area (Å²) < 4.78 is 0. The minimum Gasteiger partial charge on any atom is -0.309 e. The van der Waals surface area contributed by atoms with E-state index in [2.05, 4.69) is 61.2 Å². The molecule has 0 amide bonds. The lowest BCUT2D eigenvalue weighted by Gasteiger charge is -2.15. The molecule has 0 radical (unpaired) electrons. The number of pyridine rings is 1. The fraction of sp³-hybridized carbons (Fsp3) is 0.643. The number of hydrogen-bond acceptors (Lipinski definition) is 3. The topological polar surface area (TPSA) is 28.2 Å². The summed E-state index contributed by atoms with van der Waals surface area (Å²) in [6, 6.07) is 6.78. The van der Waals surface area contributed by atoms with Gasteiger partial charge in [-0.1, -0.05) is 26.8 Å². The molecule has 0 saturated heterocycles. The van der Waals surface area contributed by atoms with Crippen LogP contribution in [0.1, 0.15) is 38.6 Å². The predicted molar refractivity (Wildman–Crippen MR) is 72.8 cm³/mol. The van der Waals surface area contributed by atoms with Gasteiger partial charge < -0.3 is 10.2 Å². The van der Waals surface area contributed by atoms with Gasteiger partial charge in [-0.25, -0.2) is 0 Å². The third-order valence-corrected chi connectivity index (χ3v) is 2.59. The van der Waals surface area contributed by atoms with E-state index in [1.807, 2.05) is 0 Å². The Bertz CT molecular complexity index is 323. The van der Waals surface area contributed by atoms with Crippen LogP contribution in [0.5, 0.6) is 0 Å². The highest BCUT2D eigenvalue weighted by atomic mass is 15.1. The lowest BCUT2D eigenvalue weighted by molar-refractivity contribution is 0.323. The van der Waals surface area contributed by atoms with E-state index in [1.165, 1.54) is 6.42 Å². The Morgan fingerprint density at radius 3 is 2.65 bits per heavy atom. The van der Waals surface area contributed by atoms with Gasteiger partial charge in [-0.15, -0.1) is 0 Å². The van der Waals surface area contributed by atoms with Gasteiger partial charge in [0, 0.05) is 19.1 Å². The molecule has 1 rings (SSSR count). The molecule has 0 aliphatic rings. The molecule has 0 atom stereocenters. The van der Waals surface area contributed by atoms with Crippen molar-refractivity contribution in [3.63, 3.8) is 0 Å². The molecule has 0 bridgehead atoms. The summed E-state index contributed by atoms with van der Waals surface area (Å²) in [4.78, 5) is 6.97. The second kappa shape index (κ2) is 7.41. The molecule has 0 spiro atoms. The van der Waals surface area contributed by atoms with Gasteiger partial charge in [-0.3, -0.25) is 4.98 Å². The predicted octanol–water partition coefficient (Wildman–Crippen LogP) is 2.42. The number of nitrogens with one attached hydrogen (secondary N) is 1. The fourth-order valence-corrected chi connectivity index (χ4v) is 1.76. The van der Waals surface area contributed by atoms with Crippen LogP contribution in [0.3, 0.4) is 0 Å². The van der Waals surface area contributed by atoms with Crippen LogP contribution in [0, 0.1) is 0 Å². The van der Waals surface area contributed by atoms with Gasteiger partial charge in [0.15, 0.2) is 0 Å². The first-order chi connectivity index (χ1) is 8.11. The van der Waals surface area contributed by atoms with Crippen molar-refractivity contribution in [3.8, 4) is 0 Å². The molecule has 0 fully saturated rings. The van der Waals surface area contributed by atoms with E-state index >= 15 is 0 Å². The maximum Gasteiger partial charge on any atom is 0.0547 e. The second-order valence-electron chi connectivity index (χ2n) is 4.89. The van der Waals surface area contributed by atoms with Crippen molar-refractivity contribution in [1.82, 2.24) is 15.2 Å². The Kier molecular flexibility index (Phi) is 6.16. The third-order valence-electron chi connectivity index (χ3n) is 2.59. The van der Waals surface area contributed by atoms with Crippen molar-refractivity contribution < 1.29 is 0 Å². The summed E-state index contributed by atoms with van der Waals surface area (Å²) in [6.07, 6.45) is 1.19. The molecular formula is C14H25N3. The zero-order valence-electron chi connectivity index (χ0n) is 11.5. The second-order valence-corrected chi connectivity index (χ2v) is 4.89. The van der Waals surface area contributed by atoms with E-state index in [1.54, 1.807) is 0 Å². The largest absolute Gasteiger partial charge is 0.309 e. The van der Waals surface area contributed by atoms with Crippen LogP contribution in [0.15, 0.2) is 18.2 Å². The smallest absolute Gasteiger partial charge is 0.0547 e. The van der Waals surface area contributed by atoms with Crippen LogP contribution < -0.4 is 5.32 Å². The highest BCUT2D eigenvalue weighted by molar-refractivity contribution is 5.11.